The Morgan fingerprint density at radius 2 is 2.10 bits per heavy atom. The molecule has 1 aromatic carbocycles. The summed E-state index contributed by atoms with van der Waals surface area (Å²) in [5.74, 6) is -0.615. The van der Waals surface area contributed by atoms with Crippen molar-refractivity contribution in [3.05, 3.63) is 29.6 Å². The molecule has 1 N–H and O–H groups in total. The number of carbonyl (C=O) groups excluding carboxylic acids is 1. The second-order valence-corrected chi connectivity index (χ2v) is 4.81. The number of nitrogens with one attached hydrogen (secondary N) is 1. The van der Waals surface area contributed by atoms with Crippen molar-refractivity contribution in [2.24, 2.45) is 0 Å². The third-order valence-electron chi connectivity index (χ3n) is 3.41. The largest absolute Gasteiger partial charge is 0.375 e. The second kappa shape index (κ2) is 6.35. The van der Waals surface area contributed by atoms with Gasteiger partial charge in [0.2, 0.25) is 5.91 Å². The molecule has 106 valence electrons. The van der Waals surface area contributed by atoms with Crippen LogP contribution in [0.4, 0.5) is 10.1 Å². The highest BCUT2D eigenvalue weighted by molar-refractivity contribution is 5.81. The van der Waals surface area contributed by atoms with E-state index in [0.717, 1.165) is 13.1 Å². The molecule has 2 rings (SSSR count). The minimum absolute atomic E-state index is 0.0359. The Kier molecular flexibility index (Phi) is 4.53. The second-order valence-electron chi connectivity index (χ2n) is 4.81. The van der Waals surface area contributed by atoms with E-state index in [9.17, 15) is 9.18 Å². The summed E-state index contributed by atoms with van der Waals surface area (Å²) in [7, 11) is 2.02. The number of piperazine rings is 1. The fourth-order valence-corrected chi connectivity index (χ4v) is 2.12. The molecule has 0 atom stereocenters. The maximum atomic E-state index is 13.4. The Hall–Kier alpha value is -2.13. The maximum absolute atomic E-state index is 13.4. The lowest BCUT2D eigenvalue weighted by Crippen LogP contribution is -2.48. The molecule has 0 unspecified atom stereocenters. The fourth-order valence-electron chi connectivity index (χ4n) is 2.12. The summed E-state index contributed by atoms with van der Waals surface area (Å²) in [4.78, 5) is 16.0. The van der Waals surface area contributed by atoms with Crippen LogP contribution in [0.3, 0.4) is 0 Å². The van der Waals surface area contributed by atoms with Crippen LogP contribution in [0, 0.1) is 17.1 Å². The van der Waals surface area contributed by atoms with E-state index < -0.39 is 5.82 Å². The highest BCUT2D eigenvalue weighted by Crippen LogP contribution is 2.17. The van der Waals surface area contributed by atoms with Gasteiger partial charge in [0.1, 0.15) is 17.4 Å². The van der Waals surface area contributed by atoms with Crippen LogP contribution in [-0.2, 0) is 4.79 Å². The Labute approximate surface area is 117 Å². The fraction of sp³-hybridized carbons (Fsp3) is 0.429. The molecule has 6 heteroatoms. The zero-order valence-corrected chi connectivity index (χ0v) is 11.4. The predicted molar refractivity (Wildman–Crippen MR) is 73.7 cm³/mol. The maximum Gasteiger partial charge on any atom is 0.241 e. The van der Waals surface area contributed by atoms with Gasteiger partial charge in [-0.2, -0.15) is 5.26 Å². The van der Waals surface area contributed by atoms with E-state index in [0.29, 0.717) is 18.8 Å². The van der Waals surface area contributed by atoms with Crippen LogP contribution in [0.15, 0.2) is 18.2 Å². The minimum atomic E-state index is -0.579. The number of rotatable bonds is 3. The molecule has 0 bridgehead atoms. The number of nitrogens with zero attached hydrogens (tertiary/aromatic N) is 3. The molecule has 1 aromatic rings. The number of halogens is 1. The van der Waals surface area contributed by atoms with Crippen LogP contribution < -0.4 is 5.32 Å². The third kappa shape index (κ3) is 3.25. The van der Waals surface area contributed by atoms with E-state index in [-0.39, 0.29) is 18.0 Å². The van der Waals surface area contributed by atoms with Gasteiger partial charge in [0.05, 0.1) is 12.2 Å². The summed E-state index contributed by atoms with van der Waals surface area (Å²) in [6.45, 7) is 3.18. The van der Waals surface area contributed by atoms with Gasteiger partial charge in [0.15, 0.2) is 0 Å². The Morgan fingerprint density at radius 3 is 2.75 bits per heavy atom. The standard InChI is InChI=1S/C14H17FN4O/c1-18-5-7-19(8-6-18)14(20)10-17-13-4-2-3-12(15)11(13)9-16/h2-4,17H,5-8,10H2,1H3. The smallest absolute Gasteiger partial charge is 0.241 e. The first-order chi connectivity index (χ1) is 9.61. The molecule has 1 heterocycles. The van der Waals surface area contributed by atoms with Gasteiger partial charge in [0.25, 0.3) is 0 Å². The first-order valence-corrected chi connectivity index (χ1v) is 6.50. The molecule has 0 aromatic heterocycles. The lowest BCUT2D eigenvalue weighted by atomic mass is 10.2. The van der Waals surface area contributed by atoms with Crippen molar-refractivity contribution in [3.63, 3.8) is 0 Å². The van der Waals surface area contributed by atoms with Crippen LogP contribution in [0.2, 0.25) is 0 Å². The highest BCUT2D eigenvalue weighted by Gasteiger charge is 2.19. The topological polar surface area (TPSA) is 59.4 Å². The first-order valence-electron chi connectivity index (χ1n) is 6.50. The van der Waals surface area contributed by atoms with Gasteiger partial charge in [-0.3, -0.25) is 4.79 Å². The molecule has 0 saturated carbocycles. The molecule has 0 aliphatic carbocycles. The first kappa shape index (κ1) is 14.3. The number of likely N-dealkylation sites (N-methyl/N-ethyl adjacent to an activating group) is 1. The van der Waals surface area contributed by atoms with Crippen molar-refractivity contribution in [2.75, 3.05) is 45.1 Å². The lowest BCUT2D eigenvalue weighted by molar-refractivity contribution is -0.130. The van der Waals surface area contributed by atoms with Crippen LogP contribution in [0.5, 0.6) is 0 Å². The average molecular weight is 276 g/mol. The van der Waals surface area contributed by atoms with Gasteiger partial charge in [-0.25, -0.2) is 4.39 Å². The van der Waals surface area contributed by atoms with Gasteiger partial charge >= 0.3 is 0 Å². The Bertz CT molecular complexity index is 532. The van der Waals surface area contributed by atoms with Crippen molar-refractivity contribution >= 4 is 11.6 Å². The molecule has 20 heavy (non-hydrogen) atoms. The van der Waals surface area contributed by atoms with Crippen LogP contribution >= 0.6 is 0 Å². The zero-order chi connectivity index (χ0) is 14.5. The minimum Gasteiger partial charge on any atom is -0.375 e. The van der Waals surface area contributed by atoms with Gasteiger partial charge < -0.3 is 15.1 Å². The molecular weight excluding hydrogens is 259 g/mol. The molecule has 1 aliphatic heterocycles. The summed E-state index contributed by atoms with van der Waals surface area (Å²) in [5.41, 5.74) is 0.300. The monoisotopic (exact) mass is 276 g/mol. The van der Waals surface area contributed by atoms with Gasteiger partial charge in [0, 0.05) is 26.2 Å². The van der Waals surface area contributed by atoms with E-state index in [1.165, 1.54) is 12.1 Å². The Morgan fingerprint density at radius 1 is 1.40 bits per heavy atom. The van der Waals surface area contributed by atoms with E-state index in [4.69, 9.17) is 5.26 Å². The number of benzene rings is 1. The summed E-state index contributed by atoms with van der Waals surface area (Å²) < 4.78 is 13.4. The summed E-state index contributed by atoms with van der Waals surface area (Å²) in [6.07, 6.45) is 0. The number of anilines is 1. The van der Waals surface area contributed by atoms with E-state index in [1.54, 1.807) is 17.0 Å². The number of carbonyl (C=O) groups is 1. The number of amides is 1. The Balaban J connectivity index is 1.94. The molecule has 1 fully saturated rings. The molecule has 5 nitrogen and oxygen atoms in total. The van der Waals surface area contributed by atoms with Crippen molar-refractivity contribution in [3.8, 4) is 6.07 Å². The normalized spacial score (nSPS) is 15.8. The molecule has 1 aliphatic rings. The van der Waals surface area contributed by atoms with Crippen LogP contribution in [0.1, 0.15) is 5.56 Å². The van der Waals surface area contributed by atoms with Gasteiger partial charge in [-0.15, -0.1) is 0 Å². The van der Waals surface area contributed by atoms with Gasteiger partial charge in [-0.05, 0) is 19.2 Å². The molecule has 0 spiro atoms. The van der Waals surface area contributed by atoms with Crippen molar-refractivity contribution < 1.29 is 9.18 Å². The summed E-state index contributed by atoms with van der Waals surface area (Å²) >= 11 is 0. The zero-order valence-electron chi connectivity index (χ0n) is 11.4. The average Bonchev–Trinajstić information content (AvgIpc) is 2.45. The third-order valence-corrected chi connectivity index (χ3v) is 3.41. The van der Waals surface area contributed by atoms with E-state index >= 15 is 0 Å². The van der Waals surface area contributed by atoms with Crippen molar-refractivity contribution in [1.29, 1.82) is 5.26 Å². The van der Waals surface area contributed by atoms with Crippen LogP contribution in [-0.4, -0.2) is 55.5 Å². The van der Waals surface area contributed by atoms with Crippen molar-refractivity contribution in [2.45, 2.75) is 0 Å². The SMILES string of the molecule is CN1CCN(C(=O)CNc2cccc(F)c2C#N)CC1. The molecule has 0 radical (unpaired) electrons. The number of hydrogen-bond donors (Lipinski definition) is 1. The highest BCUT2D eigenvalue weighted by atomic mass is 19.1. The molecule has 1 amide bonds. The van der Waals surface area contributed by atoms with Gasteiger partial charge in [-0.1, -0.05) is 6.07 Å². The lowest BCUT2D eigenvalue weighted by Gasteiger charge is -2.32. The molecule has 1 saturated heterocycles. The number of hydrogen-bond acceptors (Lipinski definition) is 4. The molecular formula is C14H17FN4O. The van der Waals surface area contributed by atoms with E-state index in [1.807, 2.05) is 7.05 Å². The number of nitriles is 1. The quantitative estimate of drug-likeness (QED) is 0.890. The van der Waals surface area contributed by atoms with Crippen LogP contribution in [0.25, 0.3) is 0 Å². The predicted octanol–water partition coefficient (Wildman–Crippen LogP) is 0.883. The van der Waals surface area contributed by atoms with E-state index in [2.05, 4.69) is 10.2 Å². The summed E-state index contributed by atoms with van der Waals surface area (Å²) in [5, 5.41) is 11.8. The summed E-state index contributed by atoms with van der Waals surface area (Å²) in [6, 6.07) is 6.14. The van der Waals surface area contributed by atoms with Crippen molar-refractivity contribution in [1.82, 2.24) is 9.80 Å².